The maximum atomic E-state index is 11.7. The number of nitrogens with zero attached hydrogens (tertiary/aromatic N) is 1. The summed E-state index contributed by atoms with van der Waals surface area (Å²) in [5.41, 5.74) is 3.34. The van der Waals surface area contributed by atoms with Crippen molar-refractivity contribution in [3.63, 3.8) is 0 Å². The topological polar surface area (TPSA) is 43.1 Å². The molecule has 0 N–H and O–H groups in total. The summed E-state index contributed by atoms with van der Waals surface area (Å²) in [7, 11) is 0. The van der Waals surface area contributed by atoms with Crippen molar-refractivity contribution in [1.82, 2.24) is 4.98 Å². The molecular formula is C23H15NO2S. The van der Waals surface area contributed by atoms with Crippen molar-refractivity contribution >= 4 is 33.6 Å². The molecule has 0 amide bonds. The molecule has 0 atom stereocenters. The fraction of sp³-hybridized carbons (Fsp3) is 0.0435. The number of hydrogen-bond acceptors (Lipinski definition) is 4. The Morgan fingerprint density at radius 1 is 0.889 bits per heavy atom. The summed E-state index contributed by atoms with van der Waals surface area (Å²) in [5, 5.41) is 2.18. The van der Waals surface area contributed by atoms with E-state index in [4.69, 9.17) is 9.40 Å². The van der Waals surface area contributed by atoms with Gasteiger partial charge in [0.05, 0.1) is 0 Å². The molecule has 0 spiro atoms. The molecule has 0 unspecified atom stereocenters. The van der Waals surface area contributed by atoms with E-state index in [0.29, 0.717) is 17.0 Å². The smallest absolute Gasteiger partial charge is 0.182 e. The van der Waals surface area contributed by atoms with Gasteiger partial charge in [0.2, 0.25) is 0 Å². The number of hydrogen-bond donors (Lipinski definition) is 0. The summed E-state index contributed by atoms with van der Waals surface area (Å²) in [4.78, 5) is 18.7. The van der Waals surface area contributed by atoms with Crippen molar-refractivity contribution in [2.75, 3.05) is 0 Å². The predicted molar refractivity (Wildman–Crippen MR) is 110 cm³/mol. The molecule has 0 bridgehead atoms. The summed E-state index contributed by atoms with van der Waals surface area (Å²) >= 11 is 1.70. The molecular weight excluding hydrogens is 354 g/mol. The normalized spacial score (nSPS) is 11.4. The van der Waals surface area contributed by atoms with E-state index in [0.717, 1.165) is 21.2 Å². The van der Waals surface area contributed by atoms with Gasteiger partial charge in [0.1, 0.15) is 11.2 Å². The molecule has 0 radical (unpaired) electrons. The minimum absolute atomic E-state index is 0.0811. The zero-order valence-electron chi connectivity index (χ0n) is 14.6. The first-order valence-electron chi connectivity index (χ1n) is 8.68. The van der Waals surface area contributed by atoms with Crippen LogP contribution in [0.1, 0.15) is 5.56 Å². The zero-order valence-corrected chi connectivity index (χ0v) is 15.4. The Balaban J connectivity index is 1.79. The Bertz CT molecular complexity index is 1320. The lowest BCUT2D eigenvalue weighted by atomic mass is 10.1. The van der Waals surface area contributed by atoms with Crippen LogP contribution in [0.2, 0.25) is 0 Å². The van der Waals surface area contributed by atoms with E-state index >= 15 is 0 Å². The summed E-state index contributed by atoms with van der Waals surface area (Å²) in [5.74, 6) is 0.511. The van der Waals surface area contributed by atoms with Crippen LogP contribution in [-0.4, -0.2) is 4.98 Å². The maximum Gasteiger partial charge on any atom is 0.182 e. The van der Waals surface area contributed by atoms with Crippen molar-refractivity contribution < 1.29 is 4.42 Å². The minimum Gasteiger partial charge on any atom is -0.453 e. The van der Waals surface area contributed by atoms with Gasteiger partial charge < -0.3 is 4.42 Å². The number of aromatic nitrogens is 1. The quantitative estimate of drug-likeness (QED) is 0.287. The van der Waals surface area contributed by atoms with Gasteiger partial charge in [0.15, 0.2) is 16.8 Å². The van der Waals surface area contributed by atoms with Gasteiger partial charge in [0.25, 0.3) is 0 Å². The fourth-order valence-electron chi connectivity index (χ4n) is 3.22. The van der Waals surface area contributed by atoms with Gasteiger partial charge in [-0.3, -0.25) is 4.79 Å². The van der Waals surface area contributed by atoms with Crippen LogP contribution >= 0.6 is 11.8 Å². The second-order valence-electron chi connectivity index (χ2n) is 6.53. The van der Waals surface area contributed by atoms with E-state index in [1.54, 1.807) is 17.8 Å². The second kappa shape index (κ2) is 6.25. The lowest BCUT2D eigenvalue weighted by Crippen LogP contribution is -1.99. The highest BCUT2D eigenvalue weighted by atomic mass is 32.2. The highest BCUT2D eigenvalue weighted by molar-refractivity contribution is 7.99. The molecule has 130 valence electrons. The van der Waals surface area contributed by atoms with E-state index in [2.05, 4.69) is 43.3 Å². The lowest BCUT2D eigenvalue weighted by molar-refractivity contribution is 0.612. The van der Waals surface area contributed by atoms with Crippen LogP contribution in [0.15, 0.2) is 91.8 Å². The third kappa shape index (κ3) is 2.88. The van der Waals surface area contributed by atoms with Crippen molar-refractivity contribution in [2.24, 2.45) is 0 Å². The SMILES string of the molecule is Cc1ccc(Sc2cc3oc4cc(=O)ccc-4nc3c3ccccc23)cc1. The summed E-state index contributed by atoms with van der Waals surface area (Å²) in [6, 6.07) is 23.4. The average molecular weight is 369 g/mol. The van der Waals surface area contributed by atoms with Gasteiger partial charge in [-0.1, -0.05) is 53.7 Å². The van der Waals surface area contributed by atoms with Crippen molar-refractivity contribution in [1.29, 1.82) is 0 Å². The van der Waals surface area contributed by atoms with Crippen LogP contribution in [0.5, 0.6) is 0 Å². The van der Waals surface area contributed by atoms with Crippen molar-refractivity contribution in [2.45, 2.75) is 16.7 Å². The molecule has 1 aliphatic carbocycles. The molecule has 3 aromatic carbocycles. The van der Waals surface area contributed by atoms with E-state index in [1.807, 2.05) is 18.2 Å². The molecule has 27 heavy (non-hydrogen) atoms. The van der Waals surface area contributed by atoms with E-state index in [1.165, 1.54) is 22.6 Å². The molecule has 0 saturated carbocycles. The van der Waals surface area contributed by atoms with E-state index in [9.17, 15) is 4.79 Å². The first-order valence-corrected chi connectivity index (χ1v) is 9.50. The van der Waals surface area contributed by atoms with Crippen LogP contribution < -0.4 is 5.43 Å². The third-order valence-corrected chi connectivity index (χ3v) is 5.64. The highest BCUT2D eigenvalue weighted by Gasteiger charge is 2.14. The van der Waals surface area contributed by atoms with Gasteiger partial charge in [-0.15, -0.1) is 0 Å². The number of fused-ring (bicyclic) bond motifs is 4. The number of rotatable bonds is 2. The molecule has 1 aliphatic heterocycles. The van der Waals surface area contributed by atoms with Gasteiger partial charge >= 0.3 is 0 Å². The molecule has 3 aromatic rings. The third-order valence-electron chi connectivity index (χ3n) is 4.58. The highest BCUT2D eigenvalue weighted by Crippen LogP contribution is 2.38. The Labute approximate surface area is 160 Å². The molecule has 5 rings (SSSR count). The molecule has 1 heterocycles. The lowest BCUT2D eigenvalue weighted by Gasteiger charge is -2.12. The number of aryl methyl sites for hydroxylation is 1. The fourth-order valence-corrected chi connectivity index (χ4v) is 4.20. The van der Waals surface area contributed by atoms with Crippen molar-refractivity contribution in [3.05, 3.63) is 88.6 Å². The molecule has 4 heteroatoms. The first-order chi connectivity index (χ1) is 13.2. The van der Waals surface area contributed by atoms with Crippen LogP contribution in [0.3, 0.4) is 0 Å². The monoisotopic (exact) mass is 369 g/mol. The van der Waals surface area contributed by atoms with E-state index < -0.39 is 0 Å². The summed E-state index contributed by atoms with van der Waals surface area (Å²) in [6.45, 7) is 2.08. The largest absolute Gasteiger partial charge is 0.453 e. The van der Waals surface area contributed by atoms with Crippen LogP contribution in [0.4, 0.5) is 0 Å². The average Bonchev–Trinajstić information content (AvgIpc) is 2.68. The van der Waals surface area contributed by atoms with Gasteiger partial charge in [-0.25, -0.2) is 4.98 Å². The summed E-state index contributed by atoms with van der Waals surface area (Å²) in [6.07, 6.45) is 0. The summed E-state index contributed by atoms with van der Waals surface area (Å²) < 4.78 is 6.06. The Hall–Kier alpha value is -3.11. The standard InChI is InChI=1S/C23H15NO2S/c1-14-6-9-16(10-7-14)27-22-13-21-23(18-5-3-2-4-17(18)22)24-19-11-8-15(25)12-20(19)26-21/h2-13H,1H3. The minimum atomic E-state index is -0.0811. The molecule has 0 fully saturated rings. The van der Waals surface area contributed by atoms with E-state index in [-0.39, 0.29) is 5.43 Å². The predicted octanol–water partition coefficient (Wildman–Crippen LogP) is 5.91. The van der Waals surface area contributed by atoms with Gasteiger partial charge in [-0.2, -0.15) is 0 Å². The van der Waals surface area contributed by atoms with Crippen LogP contribution in [0.25, 0.3) is 33.3 Å². The molecule has 2 aliphatic rings. The Morgan fingerprint density at radius 2 is 1.67 bits per heavy atom. The Kier molecular flexibility index (Phi) is 3.73. The second-order valence-corrected chi connectivity index (χ2v) is 7.64. The molecule has 3 nitrogen and oxygen atoms in total. The van der Waals surface area contributed by atoms with Crippen LogP contribution in [-0.2, 0) is 0 Å². The van der Waals surface area contributed by atoms with Gasteiger partial charge in [0, 0.05) is 21.2 Å². The molecule has 0 aromatic heterocycles. The number of benzene rings is 4. The van der Waals surface area contributed by atoms with Crippen molar-refractivity contribution in [3.8, 4) is 11.5 Å². The van der Waals surface area contributed by atoms with Crippen LogP contribution in [0, 0.1) is 6.92 Å². The van der Waals surface area contributed by atoms with Gasteiger partial charge in [-0.05, 0) is 42.6 Å². The Morgan fingerprint density at radius 3 is 2.48 bits per heavy atom. The maximum absolute atomic E-state index is 11.7. The zero-order chi connectivity index (χ0) is 18.4. The first kappa shape index (κ1) is 16.1. The molecule has 0 saturated heterocycles.